The number of piperazine rings is 1. The molecule has 10 heteroatoms. The minimum absolute atomic E-state index is 0.0173. The van der Waals surface area contributed by atoms with E-state index in [1.807, 2.05) is 29.2 Å². The molecule has 2 unspecified atom stereocenters. The van der Waals surface area contributed by atoms with Gasteiger partial charge in [-0.05, 0) is 41.5 Å². The molecule has 3 N–H and O–H groups in total. The van der Waals surface area contributed by atoms with Gasteiger partial charge in [0.1, 0.15) is 23.1 Å². The van der Waals surface area contributed by atoms with E-state index in [0.29, 0.717) is 48.0 Å². The van der Waals surface area contributed by atoms with E-state index in [-0.39, 0.29) is 33.9 Å². The van der Waals surface area contributed by atoms with Crippen molar-refractivity contribution < 1.29 is 24.3 Å². The summed E-state index contributed by atoms with van der Waals surface area (Å²) in [6.45, 7) is 3.39. The van der Waals surface area contributed by atoms with E-state index in [9.17, 15) is 15.2 Å². The Bertz CT molecular complexity index is 1560. The molecule has 1 aliphatic rings. The largest absolute Gasteiger partial charge is 0.508 e. The van der Waals surface area contributed by atoms with Gasteiger partial charge in [-0.25, -0.2) is 4.39 Å². The molecular formula is C27H24ClFN5O3+. The molecule has 1 fully saturated rings. The summed E-state index contributed by atoms with van der Waals surface area (Å²) in [5.41, 5.74) is 0.497. The maximum absolute atomic E-state index is 16.4. The predicted molar refractivity (Wildman–Crippen MR) is 138 cm³/mol. The Balaban J connectivity index is 1.75. The monoisotopic (exact) mass is 520 g/mol. The number of aromatic hydroxyl groups is 1. The molecule has 37 heavy (non-hydrogen) atoms. The second-order valence-electron chi connectivity index (χ2n) is 9.04. The van der Waals surface area contributed by atoms with Gasteiger partial charge in [-0.2, -0.15) is 15.2 Å². The first-order valence-corrected chi connectivity index (χ1v) is 12.3. The van der Waals surface area contributed by atoms with Gasteiger partial charge in [-0.3, -0.25) is 4.79 Å². The summed E-state index contributed by atoms with van der Waals surface area (Å²) in [4.78, 5) is 22.1. The number of benzene rings is 3. The Morgan fingerprint density at radius 2 is 2.14 bits per heavy atom. The standard InChI is InChI=1S/C27H23ClFN5O3/c1-15(14-35)37-27-32-25-21(26(33-27)34-9-8-31-17(13-34)6-7-30)12-22(28)23(24(25)29)20-11-18(36)10-16-4-2-3-5-19(16)20/h2-5,10-12,14-15,17,31,36H,6,8-9,13H2,1H3/p+1. The van der Waals surface area contributed by atoms with Crippen molar-refractivity contribution >= 4 is 45.4 Å². The summed E-state index contributed by atoms with van der Waals surface area (Å²) in [5, 5.41) is 23.6. The second kappa shape index (κ2) is 10.2. The molecule has 1 aliphatic heterocycles. The van der Waals surface area contributed by atoms with Gasteiger partial charge in [0.05, 0.1) is 37.1 Å². The zero-order chi connectivity index (χ0) is 26.1. The number of halogens is 2. The summed E-state index contributed by atoms with van der Waals surface area (Å²) in [6.07, 6.45) is 0.125. The molecule has 3 aromatic carbocycles. The van der Waals surface area contributed by atoms with Gasteiger partial charge < -0.3 is 20.1 Å². The van der Waals surface area contributed by atoms with Crippen molar-refractivity contribution in [1.82, 2.24) is 9.97 Å². The number of fused-ring (bicyclic) bond motifs is 2. The lowest BCUT2D eigenvalue weighted by molar-refractivity contribution is -0.689. The highest BCUT2D eigenvalue weighted by molar-refractivity contribution is 6.35. The molecule has 2 atom stereocenters. The molecule has 0 bridgehead atoms. The normalized spacial score (nSPS) is 16.5. The van der Waals surface area contributed by atoms with Crippen molar-refractivity contribution in [2.45, 2.75) is 25.5 Å². The zero-order valence-electron chi connectivity index (χ0n) is 20.0. The fraction of sp³-hybridized carbons (Fsp3) is 0.259. The lowest BCUT2D eigenvalue weighted by Crippen LogP contribution is -2.95. The van der Waals surface area contributed by atoms with Crippen LogP contribution < -0.4 is 15.0 Å². The number of phenols is 1. The van der Waals surface area contributed by atoms with Crippen LogP contribution in [-0.2, 0) is 4.79 Å². The van der Waals surface area contributed by atoms with Crippen LogP contribution in [-0.4, -0.2) is 53.1 Å². The Hall–Kier alpha value is -4.00. The van der Waals surface area contributed by atoms with E-state index in [1.54, 1.807) is 19.1 Å². The number of aromatic nitrogens is 2. The Labute approximate surface area is 217 Å². The highest BCUT2D eigenvalue weighted by Gasteiger charge is 2.28. The summed E-state index contributed by atoms with van der Waals surface area (Å²) in [5.74, 6) is -0.297. The lowest BCUT2D eigenvalue weighted by atomic mass is 9.96. The molecule has 0 aliphatic carbocycles. The third-order valence-corrected chi connectivity index (χ3v) is 6.75. The van der Waals surface area contributed by atoms with Crippen LogP contribution in [0.4, 0.5) is 10.2 Å². The van der Waals surface area contributed by atoms with Gasteiger partial charge in [-0.1, -0.05) is 35.9 Å². The summed E-state index contributed by atoms with van der Waals surface area (Å²) < 4.78 is 22.0. The van der Waals surface area contributed by atoms with E-state index in [2.05, 4.69) is 21.4 Å². The fourth-order valence-corrected chi connectivity index (χ4v) is 5.06. The zero-order valence-corrected chi connectivity index (χ0v) is 20.7. The highest BCUT2D eigenvalue weighted by atomic mass is 35.5. The molecule has 0 saturated carbocycles. The average Bonchev–Trinajstić information content (AvgIpc) is 2.89. The molecule has 4 aromatic rings. The first kappa shape index (κ1) is 24.7. The molecule has 0 spiro atoms. The maximum Gasteiger partial charge on any atom is 0.319 e. The van der Waals surface area contributed by atoms with Gasteiger partial charge >= 0.3 is 6.01 Å². The summed E-state index contributed by atoms with van der Waals surface area (Å²) in [7, 11) is 0. The van der Waals surface area contributed by atoms with Gasteiger partial charge in [-0.15, -0.1) is 0 Å². The molecule has 1 aromatic heterocycles. The molecule has 0 amide bonds. The van der Waals surface area contributed by atoms with Crippen molar-refractivity contribution in [3.63, 3.8) is 0 Å². The minimum Gasteiger partial charge on any atom is -0.508 e. The first-order valence-electron chi connectivity index (χ1n) is 11.9. The number of quaternary nitrogens is 1. The van der Waals surface area contributed by atoms with E-state index in [1.165, 1.54) is 6.07 Å². The molecule has 2 heterocycles. The third-order valence-electron chi connectivity index (χ3n) is 6.45. The number of anilines is 1. The van der Waals surface area contributed by atoms with E-state index in [4.69, 9.17) is 16.3 Å². The predicted octanol–water partition coefficient (Wildman–Crippen LogP) is 3.58. The van der Waals surface area contributed by atoms with Crippen molar-refractivity contribution in [2.75, 3.05) is 24.5 Å². The summed E-state index contributed by atoms with van der Waals surface area (Å²) in [6, 6.07) is 14.1. The van der Waals surface area contributed by atoms with Gasteiger partial charge in [0, 0.05) is 10.9 Å². The number of carbonyl (C=O) groups excluding carboxylic acids is 1. The molecule has 5 rings (SSSR count). The number of nitrogens with zero attached hydrogens (tertiary/aromatic N) is 4. The number of aldehydes is 1. The highest BCUT2D eigenvalue weighted by Crippen LogP contribution is 2.42. The van der Waals surface area contributed by atoms with E-state index >= 15 is 4.39 Å². The molecule has 188 valence electrons. The van der Waals surface area contributed by atoms with Crippen LogP contribution in [0.1, 0.15) is 13.3 Å². The molecular weight excluding hydrogens is 497 g/mol. The van der Waals surface area contributed by atoms with Crippen LogP contribution >= 0.6 is 11.6 Å². The van der Waals surface area contributed by atoms with Crippen LogP contribution in [0.2, 0.25) is 5.02 Å². The van der Waals surface area contributed by atoms with Crippen molar-refractivity contribution in [3.8, 4) is 29.0 Å². The maximum atomic E-state index is 16.4. The van der Waals surface area contributed by atoms with Crippen LogP contribution in [0.25, 0.3) is 32.8 Å². The van der Waals surface area contributed by atoms with Gasteiger partial charge in [0.15, 0.2) is 18.2 Å². The van der Waals surface area contributed by atoms with Gasteiger partial charge in [0.2, 0.25) is 0 Å². The SMILES string of the molecule is CC(C=O)Oc1nc(N2CC[NH2+]C(CC#N)C2)c2cc(Cl)c(-c3cc(O)cc4ccccc34)c(F)c2n1. The second-order valence-corrected chi connectivity index (χ2v) is 9.45. The van der Waals surface area contributed by atoms with Crippen LogP contribution in [0.15, 0.2) is 42.5 Å². The lowest BCUT2D eigenvalue weighted by Gasteiger charge is -2.32. The van der Waals surface area contributed by atoms with E-state index in [0.717, 1.165) is 11.9 Å². The molecule has 1 saturated heterocycles. The molecule has 0 radical (unpaired) electrons. The smallest absolute Gasteiger partial charge is 0.319 e. The van der Waals surface area contributed by atoms with Crippen LogP contribution in [0, 0.1) is 17.1 Å². The van der Waals surface area contributed by atoms with Crippen molar-refractivity contribution in [2.24, 2.45) is 0 Å². The Kier molecular flexibility index (Phi) is 6.78. The number of hydrogen-bond donors (Lipinski definition) is 2. The quantitative estimate of drug-likeness (QED) is 0.373. The Morgan fingerprint density at radius 1 is 1.32 bits per heavy atom. The van der Waals surface area contributed by atoms with Crippen molar-refractivity contribution in [3.05, 3.63) is 53.3 Å². The average molecular weight is 521 g/mol. The minimum atomic E-state index is -0.837. The number of phenolic OH excluding ortho intramolecular Hbond substituents is 1. The number of nitrogens with two attached hydrogens (primary N) is 1. The van der Waals surface area contributed by atoms with Gasteiger partial charge in [0.25, 0.3) is 0 Å². The Morgan fingerprint density at radius 3 is 2.92 bits per heavy atom. The van der Waals surface area contributed by atoms with E-state index < -0.39 is 11.9 Å². The van der Waals surface area contributed by atoms with Crippen molar-refractivity contribution in [1.29, 1.82) is 5.26 Å². The third kappa shape index (κ3) is 4.73. The number of carbonyl (C=O) groups is 1. The topological polar surface area (TPSA) is 116 Å². The number of rotatable bonds is 6. The summed E-state index contributed by atoms with van der Waals surface area (Å²) >= 11 is 6.71. The van der Waals surface area contributed by atoms with Crippen LogP contribution in [0.3, 0.4) is 0 Å². The number of hydrogen-bond acceptors (Lipinski definition) is 7. The number of nitriles is 1. The fourth-order valence-electron chi connectivity index (χ4n) is 4.77. The first-order chi connectivity index (χ1) is 17.9. The number of ether oxygens (including phenoxy) is 1. The molecule has 8 nitrogen and oxygen atoms in total. The van der Waals surface area contributed by atoms with Crippen LogP contribution in [0.5, 0.6) is 11.8 Å².